The van der Waals surface area contributed by atoms with Crippen LogP contribution < -0.4 is 10.5 Å². The molecule has 0 spiro atoms. The van der Waals surface area contributed by atoms with Crippen LogP contribution in [0.15, 0.2) is 36.4 Å². The molecule has 0 heterocycles. The van der Waals surface area contributed by atoms with Crippen LogP contribution >= 0.6 is 0 Å². The van der Waals surface area contributed by atoms with Crippen LogP contribution in [-0.2, 0) is 0 Å². The molecule has 0 radical (unpaired) electrons. The number of ether oxygens (including phenoxy) is 1. The Morgan fingerprint density at radius 1 is 1.00 bits per heavy atom. The SMILES string of the molecule is Cc1cc(Oc2ccc(F)cc2C(C)N)ccc1C(C)C. The number of hydrogen-bond acceptors (Lipinski definition) is 2. The number of nitrogens with two attached hydrogens (primary N) is 1. The second-order valence-corrected chi connectivity index (χ2v) is 5.75. The molecule has 1 unspecified atom stereocenters. The Bertz CT molecular complexity index is 635. The van der Waals surface area contributed by atoms with Crippen LogP contribution in [0, 0.1) is 12.7 Å². The Morgan fingerprint density at radius 3 is 2.29 bits per heavy atom. The number of benzene rings is 2. The lowest BCUT2D eigenvalue weighted by Gasteiger charge is -2.16. The van der Waals surface area contributed by atoms with Gasteiger partial charge in [0.05, 0.1) is 0 Å². The summed E-state index contributed by atoms with van der Waals surface area (Å²) in [6.07, 6.45) is 0. The number of hydrogen-bond donors (Lipinski definition) is 1. The molecule has 2 aromatic carbocycles. The monoisotopic (exact) mass is 287 g/mol. The molecule has 0 aliphatic rings. The summed E-state index contributed by atoms with van der Waals surface area (Å²) in [6.45, 7) is 8.21. The zero-order valence-electron chi connectivity index (χ0n) is 13.0. The van der Waals surface area contributed by atoms with E-state index < -0.39 is 0 Å². The van der Waals surface area contributed by atoms with Crippen molar-refractivity contribution in [2.75, 3.05) is 0 Å². The van der Waals surface area contributed by atoms with Gasteiger partial charge in [0.2, 0.25) is 0 Å². The molecule has 0 bridgehead atoms. The summed E-state index contributed by atoms with van der Waals surface area (Å²) in [5.74, 6) is 1.51. The molecule has 0 aliphatic carbocycles. The van der Waals surface area contributed by atoms with Gasteiger partial charge in [-0.15, -0.1) is 0 Å². The van der Waals surface area contributed by atoms with E-state index in [0.29, 0.717) is 17.2 Å². The standard InChI is InChI=1S/C18H22FNO/c1-11(2)16-7-6-15(9-12(16)3)21-18-8-5-14(19)10-17(18)13(4)20/h5-11,13H,20H2,1-4H3. The minimum atomic E-state index is -0.305. The molecule has 0 amide bonds. The summed E-state index contributed by atoms with van der Waals surface area (Å²) in [5.41, 5.74) is 9.04. The van der Waals surface area contributed by atoms with Gasteiger partial charge < -0.3 is 10.5 Å². The van der Waals surface area contributed by atoms with E-state index in [1.54, 1.807) is 6.07 Å². The number of rotatable bonds is 4. The second-order valence-electron chi connectivity index (χ2n) is 5.75. The van der Waals surface area contributed by atoms with Gasteiger partial charge in [-0.25, -0.2) is 4.39 Å². The van der Waals surface area contributed by atoms with Crippen molar-refractivity contribution in [2.24, 2.45) is 5.73 Å². The van der Waals surface area contributed by atoms with Crippen LogP contribution in [0.4, 0.5) is 4.39 Å². The summed E-state index contributed by atoms with van der Waals surface area (Å²) in [4.78, 5) is 0. The highest BCUT2D eigenvalue weighted by molar-refractivity contribution is 5.42. The van der Waals surface area contributed by atoms with Crippen LogP contribution in [0.2, 0.25) is 0 Å². The molecule has 1 atom stereocenters. The van der Waals surface area contributed by atoms with E-state index in [1.807, 2.05) is 19.1 Å². The molecular weight excluding hydrogens is 265 g/mol. The van der Waals surface area contributed by atoms with E-state index in [1.165, 1.54) is 23.3 Å². The van der Waals surface area contributed by atoms with Crippen LogP contribution in [0.3, 0.4) is 0 Å². The van der Waals surface area contributed by atoms with Gasteiger partial charge in [-0.1, -0.05) is 19.9 Å². The van der Waals surface area contributed by atoms with Gasteiger partial charge in [0.1, 0.15) is 17.3 Å². The lowest BCUT2D eigenvalue weighted by atomic mass is 9.98. The topological polar surface area (TPSA) is 35.2 Å². The van der Waals surface area contributed by atoms with E-state index in [2.05, 4.69) is 26.8 Å². The molecule has 0 aliphatic heterocycles. The average molecular weight is 287 g/mol. The van der Waals surface area contributed by atoms with Gasteiger partial charge in [0, 0.05) is 11.6 Å². The third-order valence-corrected chi connectivity index (χ3v) is 3.55. The second kappa shape index (κ2) is 6.27. The zero-order valence-corrected chi connectivity index (χ0v) is 13.0. The highest BCUT2D eigenvalue weighted by Crippen LogP contribution is 2.31. The first-order valence-corrected chi connectivity index (χ1v) is 7.22. The smallest absolute Gasteiger partial charge is 0.132 e. The van der Waals surface area contributed by atoms with Crippen molar-refractivity contribution in [1.82, 2.24) is 0 Å². The first kappa shape index (κ1) is 15.5. The zero-order chi connectivity index (χ0) is 15.6. The molecule has 0 saturated carbocycles. The van der Waals surface area contributed by atoms with Crippen molar-refractivity contribution in [3.05, 3.63) is 58.9 Å². The number of aryl methyl sites for hydroxylation is 1. The fourth-order valence-electron chi connectivity index (χ4n) is 2.45. The van der Waals surface area contributed by atoms with Crippen molar-refractivity contribution in [1.29, 1.82) is 0 Å². The summed E-state index contributed by atoms with van der Waals surface area (Å²) in [5, 5.41) is 0. The Kier molecular flexibility index (Phi) is 4.63. The molecule has 0 fully saturated rings. The molecule has 21 heavy (non-hydrogen) atoms. The lowest BCUT2D eigenvalue weighted by molar-refractivity contribution is 0.468. The van der Waals surface area contributed by atoms with Crippen molar-refractivity contribution in [3.8, 4) is 11.5 Å². The summed E-state index contributed by atoms with van der Waals surface area (Å²) < 4.78 is 19.2. The van der Waals surface area contributed by atoms with Crippen LogP contribution in [0.5, 0.6) is 11.5 Å². The fourth-order valence-corrected chi connectivity index (χ4v) is 2.45. The first-order valence-electron chi connectivity index (χ1n) is 7.22. The maximum absolute atomic E-state index is 13.3. The Hall–Kier alpha value is -1.87. The highest BCUT2D eigenvalue weighted by atomic mass is 19.1. The Balaban J connectivity index is 2.32. The molecule has 2 nitrogen and oxygen atoms in total. The summed E-state index contributed by atoms with van der Waals surface area (Å²) >= 11 is 0. The molecule has 0 aromatic heterocycles. The number of halogens is 1. The molecule has 2 aromatic rings. The maximum atomic E-state index is 13.3. The van der Waals surface area contributed by atoms with Crippen LogP contribution in [-0.4, -0.2) is 0 Å². The summed E-state index contributed by atoms with van der Waals surface area (Å²) in [6, 6.07) is 10.2. The summed E-state index contributed by atoms with van der Waals surface area (Å²) in [7, 11) is 0. The molecule has 112 valence electrons. The van der Waals surface area contributed by atoms with Gasteiger partial charge in [0.25, 0.3) is 0 Å². The van der Waals surface area contributed by atoms with Gasteiger partial charge >= 0.3 is 0 Å². The van der Waals surface area contributed by atoms with Gasteiger partial charge in [-0.2, -0.15) is 0 Å². The first-order chi connectivity index (χ1) is 9.88. The van der Waals surface area contributed by atoms with E-state index in [9.17, 15) is 4.39 Å². The van der Waals surface area contributed by atoms with E-state index >= 15 is 0 Å². The van der Waals surface area contributed by atoms with Crippen molar-refractivity contribution < 1.29 is 9.13 Å². The predicted molar refractivity (Wildman–Crippen MR) is 84.3 cm³/mol. The third kappa shape index (κ3) is 3.61. The van der Waals surface area contributed by atoms with E-state index in [4.69, 9.17) is 10.5 Å². The molecular formula is C18H22FNO. The fraction of sp³-hybridized carbons (Fsp3) is 0.333. The van der Waals surface area contributed by atoms with Gasteiger partial charge in [-0.05, 0) is 61.2 Å². The third-order valence-electron chi connectivity index (χ3n) is 3.55. The average Bonchev–Trinajstić information content (AvgIpc) is 2.40. The van der Waals surface area contributed by atoms with Crippen LogP contribution in [0.25, 0.3) is 0 Å². The Labute approximate surface area is 125 Å². The predicted octanol–water partition coefficient (Wildman–Crippen LogP) is 5.07. The van der Waals surface area contributed by atoms with Crippen LogP contribution in [0.1, 0.15) is 49.4 Å². The van der Waals surface area contributed by atoms with E-state index in [0.717, 1.165) is 5.75 Å². The molecule has 2 N–H and O–H groups in total. The van der Waals surface area contributed by atoms with Crippen molar-refractivity contribution in [3.63, 3.8) is 0 Å². The van der Waals surface area contributed by atoms with Crippen molar-refractivity contribution in [2.45, 2.75) is 39.7 Å². The van der Waals surface area contributed by atoms with Gasteiger partial charge in [-0.3, -0.25) is 0 Å². The van der Waals surface area contributed by atoms with Crippen molar-refractivity contribution >= 4 is 0 Å². The molecule has 0 saturated heterocycles. The molecule has 3 heteroatoms. The Morgan fingerprint density at radius 2 is 1.71 bits per heavy atom. The normalized spacial score (nSPS) is 12.5. The quantitative estimate of drug-likeness (QED) is 0.852. The minimum Gasteiger partial charge on any atom is -0.457 e. The maximum Gasteiger partial charge on any atom is 0.132 e. The highest BCUT2D eigenvalue weighted by Gasteiger charge is 2.11. The largest absolute Gasteiger partial charge is 0.457 e. The van der Waals surface area contributed by atoms with E-state index in [-0.39, 0.29) is 11.9 Å². The minimum absolute atomic E-state index is 0.285. The molecule has 2 rings (SSSR count). The lowest BCUT2D eigenvalue weighted by Crippen LogP contribution is -2.07. The van der Waals surface area contributed by atoms with Gasteiger partial charge in [0.15, 0.2) is 0 Å².